The molecule has 0 spiro atoms. The van der Waals surface area contributed by atoms with E-state index in [1.807, 2.05) is 0 Å². The van der Waals surface area contributed by atoms with E-state index in [-0.39, 0.29) is 10.8 Å². The number of benzene rings is 25. The lowest BCUT2D eigenvalue weighted by Crippen LogP contribution is -2.14. The van der Waals surface area contributed by atoms with Crippen LogP contribution in [0.4, 0.5) is 0 Å². The molecule has 2 aliphatic rings. The van der Waals surface area contributed by atoms with Gasteiger partial charge >= 0.3 is 0 Å². The Bertz CT molecular complexity index is 9050. The molecule has 0 atom stereocenters. The maximum Gasteiger partial charge on any atom is 0.0159 e. The van der Waals surface area contributed by atoms with Gasteiger partial charge in [-0.1, -0.05) is 489 Å². The third-order valence-corrected chi connectivity index (χ3v) is 29.5. The van der Waals surface area contributed by atoms with Gasteiger partial charge in [0.25, 0.3) is 0 Å². The molecule has 0 heteroatoms. The largest absolute Gasteiger partial charge is 0.0622 e. The minimum Gasteiger partial charge on any atom is -0.0622 e. The van der Waals surface area contributed by atoms with Crippen molar-refractivity contribution in [3.05, 3.63) is 520 Å². The van der Waals surface area contributed by atoms with Gasteiger partial charge in [0.2, 0.25) is 0 Å². The van der Waals surface area contributed by atoms with Gasteiger partial charge in [-0.05, 0) is 300 Å². The van der Waals surface area contributed by atoms with Crippen LogP contribution in [0.1, 0.15) is 49.9 Å². The number of hydrogen-bond donors (Lipinski definition) is 0. The molecule has 0 radical (unpaired) electrons. The zero-order chi connectivity index (χ0) is 90.7. The average molecular weight is 1730 g/mol. The summed E-state index contributed by atoms with van der Waals surface area (Å²) in [4.78, 5) is 0. The lowest BCUT2D eigenvalue weighted by Gasteiger charge is -2.23. The molecule has 0 saturated heterocycles. The molecule has 0 aromatic heterocycles. The molecule has 0 amide bonds. The van der Waals surface area contributed by atoms with Crippen LogP contribution in [-0.2, 0) is 10.8 Å². The fourth-order valence-corrected chi connectivity index (χ4v) is 23.2. The number of rotatable bonds is 10. The third-order valence-electron chi connectivity index (χ3n) is 29.5. The molecule has 2 aliphatic carbocycles. The summed E-state index contributed by atoms with van der Waals surface area (Å²) < 4.78 is 0. The number of hydrogen-bond acceptors (Lipinski definition) is 0. The highest BCUT2D eigenvalue weighted by Crippen LogP contribution is 2.56. The molecule has 0 nitrogen and oxygen atoms in total. The van der Waals surface area contributed by atoms with Crippen LogP contribution in [0.15, 0.2) is 497 Å². The molecule has 25 aromatic rings. The topological polar surface area (TPSA) is 0 Å². The second-order valence-electron chi connectivity index (χ2n) is 37.8. The van der Waals surface area contributed by atoms with Crippen molar-refractivity contribution in [1.82, 2.24) is 0 Å². The Morgan fingerprint density at radius 3 is 0.743 bits per heavy atom. The first-order valence-corrected chi connectivity index (χ1v) is 47.7. The summed E-state index contributed by atoms with van der Waals surface area (Å²) >= 11 is 0. The van der Waals surface area contributed by atoms with E-state index in [0.29, 0.717) is 0 Å². The average Bonchev–Trinajstić information content (AvgIpc) is 1.53. The van der Waals surface area contributed by atoms with Gasteiger partial charge in [-0.2, -0.15) is 0 Å². The Balaban J connectivity index is 0.000000109. The van der Waals surface area contributed by atoms with E-state index in [2.05, 4.69) is 525 Å². The van der Waals surface area contributed by atoms with Crippen LogP contribution in [0.5, 0.6) is 0 Å². The van der Waals surface area contributed by atoms with Gasteiger partial charge in [0.05, 0.1) is 0 Å². The summed E-state index contributed by atoms with van der Waals surface area (Å²) in [5.74, 6) is 0. The van der Waals surface area contributed by atoms with E-state index in [1.165, 1.54) is 264 Å². The third kappa shape index (κ3) is 13.5. The SMILES string of the molecule is CC1(C)c2ccccc2-c2ccc(-c3c4ccccc4c(-c4ccccc4)c4cc(-c5cccc6ccccc56)ccc34)cc21.CC1(C)c2ccccc2-c2ccc(-c3c4ccccc4c(-c4ccccc4)c4cc(-c5ccccc5)ccc34)cc21.c1ccc(-c2c3ccccc3c(-c3ccc4c(-c5ccc6ccccc6c5)c5ccccc5c(-c5ccccc5)c4c3)c3ccccc23)cc1. The summed E-state index contributed by atoms with van der Waals surface area (Å²) in [6.45, 7) is 9.46. The van der Waals surface area contributed by atoms with Crippen molar-refractivity contribution in [2.75, 3.05) is 0 Å². The molecule has 0 bridgehead atoms. The molecular formula is C136H94. The van der Waals surface area contributed by atoms with E-state index in [0.717, 1.165) is 0 Å². The van der Waals surface area contributed by atoms with E-state index < -0.39 is 0 Å². The summed E-state index contributed by atoms with van der Waals surface area (Å²) in [5.41, 5.74) is 36.2. The molecule has 136 heavy (non-hydrogen) atoms. The van der Waals surface area contributed by atoms with Crippen LogP contribution in [0, 0.1) is 0 Å². The molecular weight excluding hydrogens is 1630 g/mol. The first kappa shape index (κ1) is 81.1. The normalized spacial score (nSPS) is 12.7. The highest BCUT2D eigenvalue weighted by atomic mass is 14.4. The Morgan fingerprint density at radius 2 is 0.346 bits per heavy atom. The van der Waals surface area contributed by atoms with E-state index in [1.54, 1.807) is 0 Å². The van der Waals surface area contributed by atoms with Gasteiger partial charge in [-0.3, -0.25) is 0 Å². The molecule has 0 N–H and O–H groups in total. The quantitative estimate of drug-likeness (QED) is 0.120. The van der Waals surface area contributed by atoms with E-state index in [4.69, 9.17) is 0 Å². The van der Waals surface area contributed by atoms with Crippen molar-refractivity contribution in [3.8, 4) is 134 Å². The predicted molar refractivity (Wildman–Crippen MR) is 584 cm³/mol. The first-order valence-electron chi connectivity index (χ1n) is 47.7. The van der Waals surface area contributed by atoms with Crippen molar-refractivity contribution in [1.29, 1.82) is 0 Å². The van der Waals surface area contributed by atoms with Crippen molar-refractivity contribution < 1.29 is 0 Å². The summed E-state index contributed by atoms with van der Waals surface area (Å²) in [7, 11) is 0. The molecule has 0 aliphatic heterocycles. The smallest absolute Gasteiger partial charge is 0.0159 e. The number of fused-ring (bicyclic) bond motifs is 16. The Hall–Kier alpha value is -16.9. The lowest BCUT2D eigenvalue weighted by molar-refractivity contribution is 0.660. The van der Waals surface area contributed by atoms with Gasteiger partial charge in [0, 0.05) is 10.8 Å². The second-order valence-corrected chi connectivity index (χ2v) is 37.8. The van der Waals surface area contributed by atoms with Gasteiger partial charge in [0.1, 0.15) is 0 Å². The van der Waals surface area contributed by atoms with Gasteiger partial charge in [-0.25, -0.2) is 0 Å². The zero-order valence-corrected chi connectivity index (χ0v) is 76.3. The highest BCUT2D eigenvalue weighted by Gasteiger charge is 2.38. The zero-order valence-electron chi connectivity index (χ0n) is 76.3. The van der Waals surface area contributed by atoms with E-state index >= 15 is 0 Å². The molecule has 0 saturated carbocycles. The van der Waals surface area contributed by atoms with E-state index in [9.17, 15) is 0 Å². The molecule has 638 valence electrons. The first-order chi connectivity index (χ1) is 67.0. The summed E-state index contributed by atoms with van der Waals surface area (Å²) in [5, 5.41) is 25.5. The monoisotopic (exact) mass is 1730 g/mol. The van der Waals surface area contributed by atoms with Crippen LogP contribution in [0.2, 0.25) is 0 Å². The predicted octanol–water partition coefficient (Wildman–Crippen LogP) is 37.9. The van der Waals surface area contributed by atoms with Crippen LogP contribution >= 0.6 is 0 Å². The van der Waals surface area contributed by atoms with Crippen LogP contribution in [0.25, 0.3) is 241 Å². The van der Waals surface area contributed by atoms with Gasteiger partial charge < -0.3 is 0 Å². The lowest BCUT2D eigenvalue weighted by atomic mass is 9.80. The van der Waals surface area contributed by atoms with Crippen molar-refractivity contribution in [2.45, 2.75) is 38.5 Å². The molecule has 27 rings (SSSR count). The Kier molecular flexibility index (Phi) is 19.8. The second kappa shape index (κ2) is 33.1. The fourth-order valence-electron chi connectivity index (χ4n) is 23.2. The molecule has 0 fully saturated rings. The molecule has 25 aromatic carbocycles. The maximum absolute atomic E-state index is 2.47. The summed E-state index contributed by atoms with van der Waals surface area (Å²) in [6, 6.07) is 183. The molecule has 0 unspecified atom stereocenters. The minimum atomic E-state index is -0.0565. The van der Waals surface area contributed by atoms with Crippen LogP contribution in [0.3, 0.4) is 0 Å². The minimum absolute atomic E-state index is 0.0436. The maximum atomic E-state index is 2.47. The molecule has 0 heterocycles. The fraction of sp³-hybridized carbons (Fsp3) is 0.0441. The van der Waals surface area contributed by atoms with Gasteiger partial charge in [-0.15, -0.1) is 0 Å². The van der Waals surface area contributed by atoms with Gasteiger partial charge in [0.15, 0.2) is 0 Å². The standard InChI is InChI=1S/C50H32.C45H32.C41H30/c1-3-16-34(17-4-1)47-39-21-9-12-24-42(39)50(43-25-13-10-22-40(43)47)38-29-30-45-46(32-38)48(35-18-5-2-6-19-35)41-23-11-14-26-44(41)49(45)37-28-27-33-15-7-8-20-36(33)31-37;1-45(2)41-22-11-10-18-35(41)36-25-24-32(28-42(36)45)44-38-20-9-8-19-37(38)43(30-14-4-3-5-15-30)40-27-31(23-26-39(40)44)34-21-12-16-29-13-6-7-17-33(29)34;1-41(2)37-20-12-11-17-31(37)32-23-22-30(26-38(32)41)40-34-19-10-9-18-33(34)39(28-15-7-4-8-16-28)36-25-29(21-24-35(36)40)27-13-5-3-6-14-27/h1-32H;3-28H,1-2H3;3-26H,1-2H3. The van der Waals surface area contributed by atoms with Crippen LogP contribution in [-0.4, -0.2) is 0 Å². The van der Waals surface area contributed by atoms with Crippen LogP contribution < -0.4 is 0 Å². The highest BCUT2D eigenvalue weighted by molar-refractivity contribution is 6.28. The Labute approximate surface area is 793 Å². The Morgan fingerprint density at radius 1 is 0.110 bits per heavy atom. The van der Waals surface area contributed by atoms with Crippen molar-refractivity contribution >= 4 is 108 Å². The van der Waals surface area contributed by atoms with Crippen molar-refractivity contribution in [3.63, 3.8) is 0 Å². The summed E-state index contributed by atoms with van der Waals surface area (Å²) in [6.07, 6.45) is 0. The van der Waals surface area contributed by atoms with Crippen molar-refractivity contribution in [2.24, 2.45) is 0 Å².